The summed E-state index contributed by atoms with van der Waals surface area (Å²) < 4.78 is 0. The van der Waals surface area contributed by atoms with Gasteiger partial charge in [0.05, 0.1) is 5.41 Å². The van der Waals surface area contributed by atoms with Crippen LogP contribution in [0.1, 0.15) is 51.9 Å². The Labute approximate surface area is 131 Å². The number of hydrogen-bond acceptors (Lipinski definition) is 3. The second kappa shape index (κ2) is 9.18. The first-order valence-electron chi connectivity index (χ1n) is 7.78. The minimum Gasteiger partial charge on any atom is -0.481 e. The van der Waals surface area contributed by atoms with Crippen LogP contribution in [0.25, 0.3) is 0 Å². The van der Waals surface area contributed by atoms with Gasteiger partial charge in [0.1, 0.15) is 0 Å². The number of carboxylic acid groups (broad SMARTS) is 1. The van der Waals surface area contributed by atoms with Gasteiger partial charge in [0.2, 0.25) is 0 Å². The third-order valence-corrected chi connectivity index (χ3v) is 5.38. The van der Waals surface area contributed by atoms with Crippen molar-refractivity contribution in [2.75, 3.05) is 19.3 Å². The number of rotatable bonds is 7. The minimum atomic E-state index is -0.777. The fourth-order valence-corrected chi connectivity index (χ4v) is 3.04. The number of aliphatic carboxylic acids is 1. The standard InChI is InChI=1S/C15H28N2O3S/c1-12(21-2)7-10-16-14(20)17-11-15(13(18)19)8-5-3-4-6-9-15/h12H,3-11H2,1-2H3,(H,18,19)(H2,16,17,20). The van der Waals surface area contributed by atoms with Crippen molar-refractivity contribution < 1.29 is 14.7 Å². The molecule has 0 radical (unpaired) electrons. The Balaban J connectivity index is 2.39. The Morgan fingerprint density at radius 3 is 2.33 bits per heavy atom. The molecule has 3 N–H and O–H groups in total. The number of carbonyl (C=O) groups is 2. The lowest BCUT2D eigenvalue weighted by atomic mass is 9.80. The third-order valence-electron chi connectivity index (χ3n) is 4.34. The van der Waals surface area contributed by atoms with Gasteiger partial charge in [0, 0.05) is 18.3 Å². The quantitative estimate of drug-likeness (QED) is 0.631. The second-order valence-corrected chi connectivity index (χ2v) is 7.22. The molecule has 0 bridgehead atoms. The summed E-state index contributed by atoms with van der Waals surface area (Å²) in [5, 5.41) is 15.6. The fraction of sp³-hybridized carbons (Fsp3) is 0.867. The van der Waals surface area contributed by atoms with Gasteiger partial charge in [-0.15, -0.1) is 0 Å². The number of carbonyl (C=O) groups excluding carboxylic acids is 1. The van der Waals surface area contributed by atoms with Crippen LogP contribution < -0.4 is 10.6 Å². The van der Waals surface area contributed by atoms with Gasteiger partial charge in [0.15, 0.2) is 0 Å². The van der Waals surface area contributed by atoms with E-state index in [-0.39, 0.29) is 12.6 Å². The summed E-state index contributed by atoms with van der Waals surface area (Å²) in [6, 6.07) is -0.256. The highest BCUT2D eigenvalue weighted by molar-refractivity contribution is 7.99. The van der Waals surface area contributed by atoms with Crippen molar-refractivity contribution >= 4 is 23.8 Å². The Morgan fingerprint density at radius 2 is 1.81 bits per heavy atom. The van der Waals surface area contributed by atoms with Crippen molar-refractivity contribution in [2.45, 2.75) is 57.1 Å². The zero-order valence-corrected chi connectivity index (χ0v) is 13.9. The number of amides is 2. The van der Waals surface area contributed by atoms with Gasteiger partial charge in [0.25, 0.3) is 0 Å². The Hall–Kier alpha value is -0.910. The Bertz CT molecular complexity index is 342. The maximum absolute atomic E-state index is 11.8. The van der Waals surface area contributed by atoms with E-state index in [1.165, 1.54) is 0 Å². The molecule has 1 aliphatic rings. The number of carboxylic acids is 1. The van der Waals surface area contributed by atoms with E-state index in [1.54, 1.807) is 11.8 Å². The monoisotopic (exact) mass is 316 g/mol. The molecule has 21 heavy (non-hydrogen) atoms. The molecule has 0 aliphatic heterocycles. The van der Waals surface area contributed by atoms with Crippen molar-refractivity contribution in [2.24, 2.45) is 5.41 Å². The molecule has 0 aromatic heterocycles. The first-order valence-corrected chi connectivity index (χ1v) is 9.07. The molecule has 1 atom stereocenters. The van der Waals surface area contributed by atoms with Crippen LogP contribution in [0.15, 0.2) is 0 Å². The van der Waals surface area contributed by atoms with Gasteiger partial charge in [-0.3, -0.25) is 4.79 Å². The molecule has 1 fully saturated rings. The third kappa shape index (κ3) is 6.16. The molecule has 0 spiro atoms. The van der Waals surface area contributed by atoms with E-state index in [0.29, 0.717) is 24.6 Å². The summed E-state index contributed by atoms with van der Waals surface area (Å²) in [7, 11) is 0. The van der Waals surface area contributed by atoms with Crippen molar-refractivity contribution in [1.82, 2.24) is 10.6 Å². The molecule has 1 aliphatic carbocycles. The molecule has 2 amide bonds. The average molecular weight is 316 g/mol. The molecule has 1 unspecified atom stereocenters. The fourth-order valence-electron chi connectivity index (χ4n) is 2.69. The predicted octanol–water partition coefficient (Wildman–Crippen LogP) is 2.85. The van der Waals surface area contributed by atoms with Crippen LogP contribution in [0.4, 0.5) is 4.79 Å². The van der Waals surface area contributed by atoms with Crippen molar-refractivity contribution in [3.8, 4) is 0 Å². The van der Waals surface area contributed by atoms with E-state index >= 15 is 0 Å². The number of urea groups is 1. The smallest absolute Gasteiger partial charge is 0.314 e. The summed E-state index contributed by atoms with van der Waals surface area (Å²) in [5.41, 5.74) is -0.777. The predicted molar refractivity (Wildman–Crippen MR) is 86.8 cm³/mol. The van der Waals surface area contributed by atoms with Crippen LogP contribution >= 0.6 is 11.8 Å². The van der Waals surface area contributed by atoms with Crippen LogP contribution in [-0.4, -0.2) is 41.7 Å². The Kier molecular flexibility index (Phi) is 7.93. The van der Waals surface area contributed by atoms with E-state index in [1.807, 2.05) is 6.26 Å². The van der Waals surface area contributed by atoms with E-state index in [9.17, 15) is 14.7 Å². The second-order valence-electron chi connectivity index (χ2n) is 5.94. The molecule has 1 rings (SSSR count). The molecule has 5 nitrogen and oxygen atoms in total. The van der Waals surface area contributed by atoms with Crippen molar-refractivity contribution in [3.63, 3.8) is 0 Å². The molecular formula is C15H28N2O3S. The van der Waals surface area contributed by atoms with Crippen LogP contribution in [0.3, 0.4) is 0 Å². The number of hydrogen-bond donors (Lipinski definition) is 3. The highest BCUT2D eigenvalue weighted by atomic mass is 32.2. The lowest BCUT2D eigenvalue weighted by molar-refractivity contribution is -0.149. The number of nitrogens with one attached hydrogen (secondary N) is 2. The lowest BCUT2D eigenvalue weighted by Gasteiger charge is -2.28. The highest BCUT2D eigenvalue weighted by Crippen LogP contribution is 2.34. The van der Waals surface area contributed by atoms with Crippen LogP contribution in [0.2, 0.25) is 0 Å². The minimum absolute atomic E-state index is 0.228. The van der Waals surface area contributed by atoms with Gasteiger partial charge in [-0.25, -0.2) is 4.79 Å². The number of thioether (sulfide) groups is 1. The SMILES string of the molecule is CSC(C)CCNC(=O)NCC1(C(=O)O)CCCCCC1. The summed E-state index contributed by atoms with van der Waals surface area (Å²) in [6.45, 7) is 2.97. The van der Waals surface area contributed by atoms with Gasteiger partial charge in [-0.05, 0) is 25.5 Å². The molecule has 0 saturated heterocycles. The molecule has 1 saturated carbocycles. The maximum atomic E-state index is 11.8. The van der Waals surface area contributed by atoms with Gasteiger partial charge >= 0.3 is 12.0 Å². The molecule has 0 heterocycles. The van der Waals surface area contributed by atoms with Gasteiger partial charge < -0.3 is 15.7 Å². The van der Waals surface area contributed by atoms with E-state index in [4.69, 9.17) is 0 Å². The van der Waals surface area contributed by atoms with Gasteiger partial charge in [-0.2, -0.15) is 11.8 Å². The van der Waals surface area contributed by atoms with E-state index in [0.717, 1.165) is 32.1 Å². The maximum Gasteiger partial charge on any atom is 0.314 e. The lowest BCUT2D eigenvalue weighted by Crippen LogP contribution is -2.46. The first kappa shape index (κ1) is 18.1. The molecule has 6 heteroatoms. The van der Waals surface area contributed by atoms with Crippen LogP contribution in [-0.2, 0) is 4.79 Å². The summed E-state index contributed by atoms with van der Waals surface area (Å²) >= 11 is 1.77. The van der Waals surface area contributed by atoms with Crippen molar-refractivity contribution in [1.29, 1.82) is 0 Å². The summed E-state index contributed by atoms with van der Waals surface area (Å²) in [5.74, 6) is -0.777. The summed E-state index contributed by atoms with van der Waals surface area (Å²) in [6.07, 6.45) is 8.33. The largest absolute Gasteiger partial charge is 0.481 e. The van der Waals surface area contributed by atoms with Gasteiger partial charge in [-0.1, -0.05) is 32.6 Å². The van der Waals surface area contributed by atoms with E-state index in [2.05, 4.69) is 17.6 Å². The summed E-state index contributed by atoms with van der Waals surface area (Å²) in [4.78, 5) is 23.4. The molecule has 0 aromatic carbocycles. The normalized spacial score (nSPS) is 19.3. The molecular weight excluding hydrogens is 288 g/mol. The van der Waals surface area contributed by atoms with Crippen molar-refractivity contribution in [3.05, 3.63) is 0 Å². The van der Waals surface area contributed by atoms with Crippen LogP contribution in [0.5, 0.6) is 0 Å². The first-order chi connectivity index (χ1) is 10.00. The average Bonchev–Trinajstić information content (AvgIpc) is 2.71. The Morgan fingerprint density at radius 1 is 1.19 bits per heavy atom. The highest BCUT2D eigenvalue weighted by Gasteiger charge is 2.38. The molecule has 122 valence electrons. The van der Waals surface area contributed by atoms with E-state index < -0.39 is 11.4 Å². The molecule has 0 aromatic rings. The zero-order chi connectivity index (χ0) is 15.7. The van der Waals surface area contributed by atoms with Crippen LogP contribution in [0, 0.1) is 5.41 Å². The zero-order valence-electron chi connectivity index (χ0n) is 13.1. The topological polar surface area (TPSA) is 78.4 Å².